The van der Waals surface area contributed by atoms with Crippen LogP contribution in [0.25, 0.3) is 5.76 Å². The molecule has 0 spiro atoms. The van der Waals surface area contributed by atoms with Crippen LogP contribution in [0.1, 0.15) is 42.1 Å². The van der Waals surface area contributed by atoms with Gasteiger partial charge in [-0.05, 0) is 81.3 Å². The minimum Gasteiger partial charge on any atom is -0.507 e. The lowest BCUT2D eigenvalue weighted by Gasteiger charge is -2.25. The van der Waals surface area contributed by atoms with Crippen LogP contribution in [0.3, 0.4) is 0 Å². The van der Waals surface area contributed by atoms with E-state index < -0.39 is 17.7 Å². The maximum Gasteiger partial charge on any atom is 0.300 e. The van der Waals surface area contributed by atoms with Gasteiger partial charge in [0.15, 0.2) is 0 Å². The van der Waals surface area contributed by atoms with Gasteiger partial charge in [0.05, 0.1) is 24.8 Å². The van der Waals surface area contributed by atoms with E-state index in [2.05, 4.69) is 0 Å². The quantitative estimate of drug-likeness (QED) is 0.282. The number of carbonyl (C=O) groups excluding carboxylic acids is 2. The molecule has 1 aliphatic heterocycles. The van der Waals surface area contributed by atoms with Gasteiger partial charge in [0.2, 0.25) is 0 Å². The third-order valence-electron chi connectivity index (χ3n) is 6.00. The topological polar surface area (TPSA) is 76.1 Å². The fourth-order valence-electron chi connectivity index (χ4n) is 4.24. The van der Waals surface area contributed by atoms with Crippen molar-refractivity contribution in [1.82, 2.24) is 0 Å². The van der Waals surface area contributed by atoms with Crippen LogP contribution in [-0.4, -0.2) is 30.0 Å². The molecule has 0 radical (unpaired) electrons. The van der Waals surface area contributed by atoms with E-state index in [1.165, 1.54) is 4.90 Å². The number of ketones is 1. The van der Waals surface area contributed by atoms with Crippen molar-refractivity contribution in [3.8, 4) is 11.5 Å². The molecule has 0 aliphatic carbocycles. The molecule has 0 bridgehead atoms. The van der Waals surface area contributed by atoms with Crippen molar-refractivity contribution < 1.29 is 24.2 Å². The molecule has 1 aliphatic rings. The van der Waals surface area contributed by atoms with E-state index in [1.54, 1.807) is 61.7 Å². The maximum absolute atomic E-state index is 13.3. The van der Waals surface area contributed by atoms with Gasteiger partial charge in [0, 0.05) is 11.3 Å². The highest BCUT2D eigenvalue weighted by Crippen LogP contribution is 2.42. The molecule has 1 saturated heterocycles. The minimum atomic E-state index is -0.796. The van der Waals surface area contributed by atoms with E-state index in [0.717, 1.165) is 11.1 Å². The highest BCUT2D eigenvalue weighted by atomic mass is 16.5. The number of Topliss-reactive ketones (excluding diaryl/α,β-unsaturated/α-hetero) is 1. The van der Waals surface area contributed by atoms with Crippen molar-refractivity contribution in [2.75, 3.05) is 12.0 Å². The summed E-state index contributed by atoms with van der Waals surface area (Å²) >= 11 is 0. The summed E-state index contributed by atoms with van der Waals surface area (Å²) in [6.07, 6.45) is 0.00283. The Hall–Kier alpha value is -4.06. The molecule has 1 heterocycles. The minimum absolute atomic E-state index is 0.00283. The number of methoxy groups -OCH3 is 1. The Morgan fingerprint density at radius 3 is 2.17 bits per heavy atom. The van der Waals surface area contributed by atoms with Gasteiger partial charge in [0.25, 0.3) is 11.7 Å². The first-order valence-corrected chi connectivity index (χ1v) is 11.5. The van der Waals surface area contributed by atoms with Gasteiger partial charge >= 0.3 is 0 Å². The monoisotopic (exact) mass is 471 g/mol. The Bertz CT molecular complexity index is 1290. The second-order valence-electron chi connectivity index (χ2n) is 8.92. The summed E-state index contributed by atoms with van der Waals surface area (Å²) in [6, 6.07) is 19.0. The molecule has 1 N–H and O–H groups in total. The molecule has 3 aromatic carbocycles. The van der Waals surface area contributed by atoms with E-state index in [9.17, 15) is 14.7 Å². The number of nitrogens with zero attached hydrogens (tertiary/aromatic N) is 1. The standard InChI is InChI=1S/C29H29NO5/c1-17(2)35-24-15-10-21(16-19(24)4)27(31)25-26(20-8-13-23(34-5)14-9-20)30(29(33)28(25)32)22-11-6-18(3)7-12-22/h6-17,26,31H,1-5H3/b27-25-. The third kappa shape index (κ3) is 4.64. The summed E-state index contributed by atoms with van der Waals surface area (Å²) in [6.45, 7) is 7.71. The fourth-order valence-corrected chi connectivity index (χ4v) is 4.24. The second kappa shape index (κ2) is 9.66. The fraction of sp³-hybridized carbons (Fsp3) is 0.241. The van der Waals surface area contributed by atoms with E-state index in [-0.39, 0.29) is 17.4 Å². The zero-order valence-electron chi connectivity index (χ0n) is 20.5. The Labute approximate surface area is 205 Å². The summed E-state index contributed by atoms with van der Waals surface area (Å²) in [5.74, 6) is -0.296. The number of ether oxygens (including phenoxy) is 2. The normalized spacial score (nSPS) is 17.2. The predicted octanol–water partition coefficient (Wildman–Crippen LogP) is 5.73. The van der Waals surface area contributed by atoms with Gasteiger partial charge in [0.1, 0.15) is 17.3 Å². The van der Waals surface area contributed by atoms with Crippen molar-refractivity contribution in [1.29, 1.82) is 0 Å². The zero-order valence-corrected chi connectivity index (χ0v) is 20.5. The number of aryl methyl sites for hydroxylation is 2. The first-order chi connectivity index (χ1) is 16.7. The molecule has 1 atom stereocenters. The predicted molar refractivity (Wildman–Crippen MR) is 136 cm³/mol. The molecule has 180 valence electrons. The molecular formula is C29H29NO5. The third-order valence-corrected chi connectivity index (χ3v) is 6.00. The van der Waals surface area contributed by atoms with Gasteiger partial charge < -0.3 is 14.6 Å². The maximum atomic E-state index is 13.3. The van der Waals surface area contributed by atoms with Crippen LogP contribution in [0.4, 0.5) is 5.69 Å². The van der Waals surface area contributed by atoms with Crippen LogP contribution in [0, 0.1) is 13.8 Å². The molecule has 0 saturated carbocycles. The number of hydrogen-bond donors (Lipinski definition) is 1. The lowest BCUT2D eigenvalue weighted by molar-refractivity contribution is -0.132. The number of hydrogen-bond acceptors (Lipinski definition) is 5. The average Bonchev–Trinajstić information content (AvgIpc) is 3.10. The van der Waals surface area contributed by atoms with Gasteiger partial charge in [-0.1, -0.05) is 29.8 Å². The number of rotatable bonds is 6. The van der Waals surface area contributed by atoms with Gasteiger partial charge in [-0.2, -0.15) is 0 Å². The van der Waals surface area contributed by atoms with E-state index in [0.29, 0.717) is 28.3 Å². The first-order valence-electron chi connectivity index (χ1n) is 11.5. The highest BCUT2D eigenvalue weighted by molar-refractivity contribution is 6.51. The molecule has 1 amide bonds. The van der Waals surface area contributed by atoms with Crippen molar-refractivity contribution in [2.24, 2.45) is 0 Å². The molecule has 0 aromatic heterocycles. The molecule has 4 rings (SSSR count). The van der Waals surface area contributed by atoms with E-state index in [4.69, 9.17) is 9.47 Å². The number of benzene rings is 3. The lowest BCUT2D eigenvalue weighted by atomic mass is 9.94. The molecule has 35 heavy (non-hydrogen) atoms. The van der Waals surface area contributed by atoms with Crippen LogP contribution in [0.5, 0.6) is 11.5 Å². The summed E-state index contributed by atoms with van der Waals surface area (Å²) in [5.41, 5.74) is 3.59. The zero-order chi connectivity index (χ0) is 25.3. The van der Waals surface area contributed by atoms with Crippen molar-refractivity contribution in [3.63, 3.8) is 0 Å². The number of amides is 1. The van der Waals surface area contributed by atoms with Crippen molar-refractivity contribution >= 4 is 23.1 Å². The summed E-state index contributed by atoms with van der Waals surface area (Å²) < 4.78 is 11.1. The number of aliphatic hydroxyl groups is 1. The number of aliphatic hydroxyl groups excluding tert-OH is 1. The second-order valence-corrected chi connectivity index (χ2v) is 8.92. The SMILES string of the molecule is COc1ccc(C2/C(=C(/O)c3ccc(OC(C)C)c(C)c3)C(=O)C(=O)N2c2ccc(C)cc2)cc1. The number of anilines is 1. The summed E-state index contributed by atoms with van der Waals surface area (Å²) in [4.78, 5) is 28.0. The largest absolute Gasteiger partial charge is 0.507 e. The van der Waals surface area contributed by atoms with Gasteiger partial charge in [-0.25, -0.2) is 0 Å². The molecule has 3 aromatic rings. The lowest BCUT2D eigenvalue weighted by Crippen LogP contribution is -2.29. The van der Waals surface area contributed by atoms with Crippen molar-refractivity contribution in [2.45, 2.75) is 39.8 Å². The summed E-state index contributed by atoms with van der Waals surface area (Å²) in [7, 11) is 1.57. The van der Waals surface area contributed by atoms with Gasteiger partial charge in [-0.15, -0.1) is 0 Å². The van der Waals surface area contributed by atoms with E-state index in [1.807, 2.05) is 39.8 Å². The Balaban J connectivity index is 1.88. The number of carbonyl (C=O) groups is 2. The smallest absolute Gasteiger partial charge is 0.300 e. The van der Waals surface area contributed by atoms with Crippen LogP contribution >= 0.6 is 0 Å². The van der Waals surface area contributed by atoms with Crippen LogP contribution in [0.2, 0.25) is 0 Å². The average molecular weight is 472 g/mol. The van der Waals surface area contributed by atoms with E-state index >= 15 is 0 Å². The molecule has 6 nitrogen and oxygen atoms in total. The summed E-state index contributed by atoms with van der Waals surface area (Å²) in [5, 5.41) is 11.4. The van der Waals surface area contributed by atoms with Crippen LogP contribution < -0.4 is 14.4 Å². The Morgan fingerprint density at radius 1 is 0.943 bits per heavy atom. The Morgan fingerprint density at radius 2 is 1.60 bits per heavy atom. The van der Waals surface area contributed by atoms with Gasteiger partial charge in [-0.3, -0.25) is 14.5 Å². The molecule has 1 unspecified atom stereocenters. The Kier molecular flexibility index (Phi) is 6.65. The molecule has 1 fully saturated rings. The van der Waals surface area contributed by atoms with Crippen molar-refractivity contribution in [3.05, 3.63) is 94.6 Å². The molecule has 6 heteroatoms. The van der Waals surface area contributed by atoms with Crippen LogP contribution in [0.15, 0.2) is 72.3 Å². The first kappa shape index (κ1) is 24.1. The molecular weight excluding hydrogens is 442 g/mol. The van der Waals surface area contributed by atoms with Crippen LogP contribution in [-0.2, 0) is 9.59 Å². The highest BCUT2D eigenvalue weighted by Gasteiger charge is 2.47.